The second-order valence-corrected chi connectivity index (χ2v) is 11.3. The predicted molar refractivity (Wildman–Crippen MR) is 159 cm³/mol. The number of Topliss-reactive ketones (excluding diaryl/α,β-unsaturated/α-hetero) is 1. The molecule has 4 rings (SSSR count). The molecule has 6 nitrogen and oxygen atoms in total. The molecule has 1 fully saturated rings. The fourth-order valence-corrected chi connectivity index (χ4v) is 5.07. The van der Waals surface area contributed by atoms with E-state index in [4.69, 9.17) is 9.47 Å². The molecule has 210 valence electrons. The SMILES string of the molecule is CCOc1cccc(N2C(=O)C(=O)/C(=C(\O)c3ccc(OCC)c(C(C)(C)C)c3)C2c2ccc(C(C)C)cc2)c1. The molecule has 3 aromatic carbocycles. The zero-order valence-corrected chi connectivity index (χ0v) is 24.4. The standard InChI is InChI=1S/C34H39NO5/c1-8-39-26-12-10-11-25(20-26)35-30(23-15-13-22(14-16-23)21(3)4)29(32(37)33(35)38)31(36)24-17-18-28(40-9-2)27(19-24)34(5,6)7/h10-21,30,36H,8-9H2,1-7H3/b31-29-. The molecule has 0 aromatic heterocycles. The maximum absolute atomic E-state index is 13.7. The minimum atomic E-state index is -0.817. The van der Waals surface area contributed by atoms with Crippen molar-refractivity contribution >= 4 is 23.1 Å². The number of nitrogens with zero attached hydrogens (tertiary/aromatic N) is 1. The van der Waals surface area contributed by atoms with E-state index < -0.39 is 17.7 Å². The Balaban J connectivity index is 1.94. The highest BCUT2D eigenvalue weighted by atomic mass is 16.5. The molecule has 1 amide bonds. The number of benzene rings is 3. The molecule has 1 saturated heterocycles. The normalized spacial score (nSPS) is 17.0. The summed E-state index contributed by atoms with van der Waals surface area (Å²) in [5.74, 6) is -0.00693. The van der Waals surface area contributed by atoms with Crippen LogP contribution in [0.1, 0.15) is 82.7 Å². The summed E-state index contributed by atoms with van der Waals surface area (Å²) in [6.07, 6.45) is 0. The van der Waals surface area contributed by atoms with Crippen molar-refractivity contribution in [1.82, 2.24) is 0 Å². The molecule has 0 saturated carbocycles. The number of amides is 1. The van der Waals surface area contributed by atoms with Crippen LogP contribution in [0.25, 0.3) is 5.76 Å². The highest BCUT2D eigenvalue weighted by molar-refractivity contribution is 6.51. The maximum atomic E-state index is 13.7. The van der Waals surface area contributed by atoms with Gasteiger partial charge in [0, 0.05) is 22.9 Å². The average Bonchev–Trinajstić information content (AvgIpc) is 3.18. The first-order valence-electron chi connectivity index (χ1n) is 13.9. The lowest BCUT2D eigenvalue weighted by atomic mass is 9.84. The van der Waals surface area contributed by atoms with Crippen LogP contribution in [0.4, 0.5) is 5.69 Å². The number of rotatable bonds is 8. The van der Waals surface area contributed by atoms with E-state index in [9.17, 15) is 14.7 Å². The van der Waals surface area contributed by atoms with Gasteiger partial charge in [0.25, 0.3) is 11.7 Å². The van der Waals surface area contributed by atoms with Crippen LogP contribution in [-0.2, 0) is 15.0 Å². The summed E-state index contributed by atoms with van der Waals surface area (Å²) >= 11 is 0. The van der Waals surface area contributed by atoms with Crippen molar-refractivity contribution < 1.29 is 24.2 Å². The minimum Gasteiger partial charge on any atom is -0.507 e. The first-order valence-corrected chi connectivity index (χ1v) is 13.9. The van der Waals surface area contributed by atoms with Crippen molar-refractivity contribution in [2.45, 2.75) is 65.8 Å². The monoisotopic (exact) mass is 541 g/mol. The van der Waals surface area contributed by atoms with Gasteiger partial charge in [-0.3, -0.25) is 14.5 Å². The highest BCUT2D eigenvalue weighted by Crippen LogP contribution is 2.44. The van der Waals surface area contributed by atoms with Crippen LogP contribution in [0, 0.1) is 0 Å². The molecule has 1 unspecified atom stereocenters. The summed E-state index contributed by atoms with van der Waals surface area (Å²) in [6, 6.07) is 19.6. The largest absolute Gasteiger partial charge is 0.507 e. The smallest absolute Gasteiger partial charge is 0.300 e. The van der Waals surface area contributed by atoms with Crippen LogP contribution in [0.3, 0.4) is 0 Å². The molecule has 0 aliphatic carbocycles. The Morgan fingerprint density at radius 2 is 1.60 bits per heavy atom. The third-order valence-electron chi connectivity index (χ3n) is 7.13. The summed E-state index contributed by atoms with van der Waals surface area (Å²) in [4.78, 5) is 28.7. The van der Waals surface area contributed by atoms with E-state index in [-0.39, 0.29) is 16.7 Å². The number of ketones is 1. The first kappa shape index (κ1) is 28.9. The van der Waals surface area contributed by atoms with E-state index in [1.807, 2.05) is 56.3 Å². The minimum absolute atomic E-state index is 0.0492. The van der Waals surface area contributed by atoms with Gasteiger partial charge in [0.15, 0.2) is 0 Å². The third kappa shape index (κ3) is 5.62. The molecule has 1 N–H and O–H groups in total. The van der Waals surface area contributed by atoms with E-state index in [2.05, 4.69) is 34.6 Å². The second kappa shape index (κ2) is 11.6. The fraction of sp³-hybridized carbons (Fsp3) is 0.353. The van der Waals surface area contributed by atoms with E-state index >= 15 is 0 Å². The Bertz CT molecular complexity index is 1430. The number of anilines is 1. The Hall–Kier alpha value is -4.06. The van der Waals surface area contributed by atoms with Gasteiger partial charge < -0.3 is 14.6 Å². The lowest BCUT2D eigenvalue weighted by Gasteiger charge is -2.26. The number of hydrogen-bond acceptors (Lipinski definition) is 5. The van der Waals surface area contributed by atoms with Crippen molar-refractivity contribution in [2.75, 3.05) is 18.1 Å². The summed E-state index contributed by atoms with van der Waals surface area (Å²) < 4.78 is 11.5. The molecular formula is C34H39NO5. The van der Waals surface area contributed by atoms with Gasteiger partial charge in [-0.05, 0) is 66.6 Å². The number of aliphatic hydroxyl groups excluding tert-OH is 1. The van der Waals surface area contributed by atoms with Crippen LogP contribution >= 0.6 is 0 Å². The number of carbonyl (C=O) groups is 2. The van der Waals surface area contributed by atoms with Gasteiger partial charge in [0.05, 0.1) is 24.8 Å². The zero-order chi connectivity index (χ0) is 29.2. The van der Waals surface area contributed by atoms with Gasteiger partial charge in [0.1, 0.15) is 17.3 Å². The Morgan fingerprint density at radius 1 is 0.925 bits per heavy atom. The molecule has 1 heterocycles. The quantitative estimate of drug-likeness (QED) is 0.181. The summed E-state index contributed by atoms with van der Waals surface area (Å²) in [5, 5.41) is 11.7. The second-order valence-electron chi connectivity index (χ2n) is 11.3. The molecule has 1 aliphatic rings. The third-order valence-corrected chi connectivity index (χ3v) is 7.13. The molecule has 0 bridgehead atoms. The van der Waals surface area contributed by atoms with Crippen molar-refractivity contribution in [3.8, 4) is 11.5 Å². The van der Waals surface area contributed by atoms with E-state index in [1.165, 1.54) is 4.90 Å². The van der Waals surface area contributed by atoms with Crippen molar-refractivity contribution in [1.29, 1.82) is 0 Å². The molecule has 1 aliphatic heterocycles. The lowest BCUT2D eigenvalue weighted by Crippen LogP contribution is -2.29. The summed E-state index contributed by atoms with van der Waals surface area (Å²) in [7, 11) is 0. The predicted octanol–water partition coefficient (Wildman–Crippen LogP) is 7.53. The first-order chi connectivity index (χ1) is 19.0. The summed E-state index contributed by atoms with van der Waals surface area (Å²) in [5.41, 5.74) is 3.52. The topological polar surface area (TPSA) is 76.1 Å². The van der Waals surface area contributed by atoms with Crippen LogP contribution in [-0.4, -0.2) is 30.0 Å². The highest BCUT2D eigenvalue weighted by Gasteiger charge is 2.47. The molecule has 6 heteroatoms. The summed E-state index contributed by atoms with van der Waals surface area (Å²) in [6.45, 7) is 15.2. The van der Waals surface area contributed by atoms with Crippen LogP contribution in [0.2, 0.25) is 0 Å². The van der Waals surface area contributed by atoms with Crippen LogP contribution < -0.4 is 14.4 Å². The number of hydrogen-bond donors (Lipinski definition) is 1. The Labute approximate surface area is 237 Å². The van der Waals surface area contributed by atoms with Gasteiger partial charge >= 0.3 is 0 Å². The van der Waals surface area contributed by atoms with Crippen LogP contribution in [0.15, 0.2) is 72.3 Å². The molecule has 0 spiro atoms. The van der Waals surface area contributed by atoms with Gasteiger partial charge in [-0.2, -0.15) is 0 Å². The lowest BCUT2D eigenvalue weighted by molar-refractivity contribution is -0.132. The van der Waals surface area contributed by atoms with Gasteiger partial charge in [-0.1, -0.05) is 65.0 Å². The van der Waals surface area contributed by atoms with Crippen molar-refractivity contribution in [2.24, 2.45) is 0 Å². The van der Waals surface area contributed by atoms with Gasteiger partial charge in [0.2, 0.25) is 0 Å². The number of carbonyl (C=O) groups excluding carboxylic acids is 2. The van der Waals surface area contributed by atoms with Gasteiger partial charge in [-0.25, -0.2) is 0 Å². The van der Waals surface area contributed by atoms with E-state index in [1.54, 1.807) is 24.3 Å². The van der Waals surface area contributed by atoms with Gasteiger partial charge in [-0.15, -0.1) is 0 Å². The van der Waals surface area contributed by atoms with Crippen LogP contribution in [0.5, 0.6) is 11.5 Å². The fourth-order valence-electron chi connectivity index (χ4n) is 5.07. The maximum Gasteiger partial charge on any atom is 0.300 e. The molecule has 1 atom stereocenters. The number of aliphatic hydroxyl groups is 1. The molecule has 3 aromatic rings. The van der Waals surface area contributed by atoms with Crippen molar-refractivity contribution in [3.05, 3.63) is 94.6 Å². The molecule has 0 radical (unpaired) electrons. The Kier molecular flexibility index (Phi) is 8.38. The average molecular weight is 542 g/mol. The van der Waals surface area contributed by atoms with Crippen molar-refractivity contribution in [3.63, 3.8) is 0 Å². The van der Waals surface area contributed by atoms with E-state index in [0.717, 1.165) is 22.4 Å². The molecular weight excluding hydrogens is 502 g/mol. The Morgan fingerprint density at radius 3 is 2.20 bits per heavy atom. The van der Waals surface area contributed by atoms with E-state index in [0.29, 0.717) is 36.1 Å². The molecule has 40 heavy (non-hydrogen) atoms. The number of ether oxygens (including phenoxy) is 2. The zero-order valence-electron chi connectivity index (χ0n) is 24.4.